The SMILES string of the molecule is CCC(C)NC(=O)C(CC)N(Cc1ccc(Cl)cc1)C(=O)CCCN(c1ccc(F)cc1)S(C)(=O)=O. The van der Waals surface area contributed by atoms with Gasteiger partial charge in [-0.2, -0.15) is 0 Å². The number of amides is 2. The fourth-order valence-corrected chi connectivity index (χ4v) is 4.85. The van der Waals surface area contributed by atoms with Gasteiger partial charge < -0.3 is 10.2 Å². The molecule has 0 saturated carbocycles. The van der Waals surface area contributed by atoms with Crippen LogP contribution in [-0.4, -0.2) is 50.0 Å². The van der Waals surface area contributed by atoms with Crippen molar-refractivity contribution >= 4 is 39.1 Å². The molecular formula is C26H35ClFN3O4S. The Labute approximate surface area is 218 Å². The van der Waals surface area contributed by atoms with Crippen molar-refractivity contribution in [3.63, 3.8) is 0 Å². The summed E-state index contributed by atoms with van der Waals surface area (Å²) in [6, 6.07) is 11.5. The Morgan fingerprint density at radius 2 is 1.64 bits per heavy atom. The Bertz CT molecular complexity index is 1110. The molecule has 198 valence electrons. The third-order valence-corrected chi connectivity index (χ3v) is 7.37. The first-order valence-electron chi connectivity index (χ1n) is 12.0. The average Bonchev–Trinajstić information content (AvgIpc) is 2.82. The van der Waals surface area contributed by atoms with Gasteiger partial charge in [0.15, 0.2) is 0 Å². The van der Waals surface area contributed by atoms with Crippen LogP contribution in [0.25, 0.3) is 0 Å². The summed E-state index contributed by atoms with van der Waals surface area (Å²) >= 11 is 6.00. The number of nitrogens with zero attached hydrogens (tertiary/aromatic N) is 2. The van der Waals surface area contributed by atoms with E-state index < -0.39 is 21.9 Å². The zero-order chi connectivity index (χ0) is 26.9. The number of hydrogen-bond donors (Lipinski definition) is 1. The maximum atomic E-state index is 13.4. The molecule has 7 nitrogen and oxygen atoms in total. The smallest absolute Gasteiger partial charge is 0.243 e. The van der Waals surface area contributed by atoms with Crippen LogP contribution in [0, 0.1) is 5.82 Å². The van der Waals surface area contributed by atoms with Crippen LogP contribution in [0.4, 0.5) is 10.1 Å². The lowest BCUT2D eigenvalue weighted by Crippen LogP contribution is -2.50. The highest BCUT2D eigenvalue weighted by molar-refractivity contribution is 7.92. The standard InChI is InChI=1S/C26H35ClFN3O4S/c1-5-19(3)29-26(33)24(6-2)30(18-20-9-11-21(27)12-10-20)25(32)8-7-17-31(36(4,34)35)23-15-13-22(28)14-16-23/h9-16,19,24H,5-8,17-18H2,1-4H3,(H,29,33). The van der Waals surface area contributed by atoms with Crippen molar-refractivity contribution in [3.8, 4) is 0 Å². The van der Waals surface area contributed by atoms with Crippen LogP contribution < -0.4 is 9.62 Å². The second-order valence-electron chi connectivity index (χ2n) is 8.81. The third kappa shape index (κ3) is 8.78. The molecule has 0 fully saturated rings. The van der Waals surface area contributed by atoms with E-state index in [0.717, 1.165) is 22.5 Å². The van der Waals surface area contributed by atoms with Gasteiger partial charge in [-0.25, -0.2) is 12.8 Å². The van der Waals surface area contributed by atoms with Crippen LogP contribution in [0.3, 0.4) is 0 Å². The molecule has 0 spiro atoms. The maximum absolute atomic E-state index is 13.4. The van der Waals surface area contributed by atoms with Gasteiger partial charge >= 0.3 is 0 Å². The van der Waals surface area contributed by atoms with Crippen molar-refractivity contribution < 1.29 is 22.4 Å². The zero-order valence-corrected chi connectivity index (χ0v) is 22.8. The summed E-state index contributed by atoms with van der Waals surface area (Å²) in [6.45, 7) is 5.99. The molecule has 0 aromatic heterocycles. The van der Waals surface area contributed by atoms with E-state index in [4.69, 9.17) is 11.6 Å². The minimum Gasteiger partial charge on any atom is -0.352 e. The molecule has 0 aliphatic carbocycles. The van der Waals surface area contributed by atoms with Crippen LogP contribution >= 0.6 is 11.6 Å². The van der Waals surface area contributed by atoms with Crippen molar-refractivity contribution in [2.45, 2.75) is 65.1 Å². The molecule has 0 heterocycles. The summed E-state index contributed by atoms with van der Waals surface area (Å²) in [7, 11) is -3.64. The van der Waals surface area contributed by atoms with E-state index >= 15 is 0 Å². The lowest BCUT2D eigenvalue weighted by Gasteiger charge is -2.32. The molecule has 10 heteroatoms. The van der Waals surface area contributed by atoms with Crippen molar-refractivity contribution in [2.75, 3.05) is 17.1 Å². The monoisotopic (exact) mass is 539 g/mol. The van der Waals surface area contributed by atoms with E-state index in [0.29, 0.717) is 17.1 Å². The van der Waals surface area contributed by atoms with E-state index in [9.17, 15) is 22.4 Å². The van der Waals surface area contributed by atoms with E-state index in [-0.39, 0.29) is 43.8 Å². The number of hydrogen-bond acceptors (Lipinski definition) is 4. The number of anilines is 1. The number of carbonyl (C=O) groups excluding carboxylic acids is 2. The minimum absolute atomic E-state index is 0.0296. The number of sulfonamides is 1. The Kier molecular flexibility index (Phi) is 11.2. The lowest BCUT2D eigenvalue weighted by molar-refractivity contribution is -0.141. The van der Waals surface area contributed by atoms with Crippen molar-refractivity contribution in [1.29, 1.82) is 0 Å². The summed E-state index contributed by atoms with van der Waals surface area (Å²) in [4.78, 5) is 28.0. The number of halogens is 2. The topological polar surface area (TPSA) is 86.8 Å². The van der Waals surface area contributed by atoms with Gasteiger partial charge in [-0.1, -0.05) is 37.6 Å². The van der Waals surface area contributed by atoms with Crippen LogP contribution in [0.15, 0.2) is 48.5 Å². The first-order chi connectivity index (χ1) is 17.0. The molecule has 0 aliphatic heterocycles. The molecule has 2 aromatic rings. The fourth-order valence-electron chi connectivity index (χ4n) is 3.76. The minimum atomic E-state index is -3.64. The molecule has 1 N–H and O–H groups in total. The van der Waals surface area contributed by atoms with Gasteiger partial charge in [0.1, 0.15) is 11.9 Å². The van der Waals surface area contributed by atoms with Crippen molar-refractivity contribution in [1.82, 2.24) is 10.2 Å². The fraction of sp³-hybridized carbons (Fsp3) is 0.462. The van der Waals surface area contributed by atoms with Gasteiger partial charge in [0.25, 0.3) is 0 Å². The quantitative estimate of drug-likeness (QED) is 0.398. The molecule has 36 heavy (non-hydrogen) atoms. The van der Waals surface area contributed by atoms with Crippen LogP contribution in [0.1, 0.15) is 52.0 Å². The Morgan fingerprint density at radius 1 is 1.03 bits per heavy atom. The first kappa shape index (κ1) is 29.6. The summed E-state index contributed by atoms with van der Waals surface area (Å²) in [6.07, 6.45) is 2.51. The predicted molar refractivity (Wildman–Crippen MR) is 142 cm³/mol. The van der Waals surface area contributed by atoms with E-state index in [1.807, 2.05) is 32.9 Å². The second-order valence-corrected chi connectivity index (χ2v) is 11.1. The van der Waals surface area contributed by atoms with Gasteiger partial charge in [-0.15, -0.1) is 0 Å². The summed E-state index contributed by atoms with van der Waals surface area (Å²) < 4.78 is 39.1. The average molecular weight is 540 g/mol. The normalized spacial score (nSPS) is 13.1. The molecule has 2 rings (SSSR count). The van der Waals surface area contributed by atoms with Crippen LogP contribution in [-0.2, 0) is 26.2 Å². The van der Waals surface area contributed by atoms with Crippen molar-refractivity contribution in [3.05, 3.63) is 64.9 Å². The number of benzene rings is 2. The first-order valence-corrected chi connectivity index (χ1v) is 14.3. The summed E-state index contributed by atoms with van der Waals surface area (Å²) in [5.41, 5.74) is 1.15. The molecular weight excluding hydrogens is 505 g/mol. The number of nitrogens with one attached hydrogen (secondary N) is 1. The van der Waals surface area contributed by atoms with E-state index in [1.54, 1.807) is 17.0 Å². The molecule has 0 saturated heterocycles. The second kappa shape index (κ2) is 13.6. The molecule has 0 radical (unpaired) electrons. The predicted octanol–water partition coefficient (Wildman–Crippen LogP) is 4.75. The van der Waals surface area contributed by atoms with Gasteiger partial charge in [-0.3, -0.25) is 13.9 Å². The van der Waals surface area contributed by atoms with Crippen LogP contribution in [0.5, 0.6) is 0 Å². The molecule has 2 atom stereocenters. The Morgan fingerprint density at radius 3 is 2.17 bits per heavy atom. The highest BCUT2D eigenvalue weighted by Gasteiger charge is 2.29. The third-order valence-electron chi connectivity index (χ3n) is 5.92. The molecule has 2 amide bonds. The van der Waals surface area contributed by atoms with Gasteiger partial charge in [0, 0.05) is 30.6 Å². The highest BCUT2D eigenvalue weighted by atomic mass is 35.5. The number of rotatable bonds is 13. The summed E-state index contributed by atoms with van der Waals surface area (Å²) in [5, 5.41) is 3.53. The molecule has 2 unspecified atom stereocenters. The van der Waals surface area contributed by atoms with Gasteiger partial charge in [-0.05, 0) is 68.1 Å². The van der Waals surface area contributed by atoms with Crippen molar-refractivity contribution in [2.24, 2.45) is 0 Å². The number of carbonyl (C=O) groups is 2. The van der Waals surface area contributed by atoms with E-state index in [1.165, 1.54) is 24.3 Å². The summed E-state index contributed by atoms with van der Waals surface area (Å²) in [5.74, 6) is -0.955. The molecule has 2 aromatic carbocycles. The molecule has 0 bridgehead atoms. The Balaban J connectivity index is 2.21. The zero-order valence-electron chi connectivity index (χ0n) is 21.2. The molecule has 0 aliphatic rings. The maximum Gasteiger partial charge on any atom is 0.243 e. The highest BCUT2D eigenvalue weighted by Crippen LogP contribution is 2.20. The van der Waals surface area contributed by atoms with Gasteiger partial charge in [0.2, 0.25) is 21.8 Å². The Hall–Kier alpha value is -2.65. The largest absolute Gasteiger partial charge is 0.352 e. The lowest BCUT2D eigenvalue weighted by atomic mass is 10.1. The van der Waals surface area contributed by atoms with Gasteiger partial charge in [0.05, 0.1) is 11.9 Å². The van der Waals surface area contributed by atoms with E-state index in [2.05, 4.69) is 5.32 Å². The van der Waals surface area contributed by atoms with Crippen LogP contribution in [0.2, 0.25) is 5.02 Å².